The van der Waals surface area contributed by atoms with Crippen molar-refractivity contribution in [1.82, 2.24) is 66.1 Å². The van der Waals surface area contributed by atoms with Gasteiger partial charge in [-0.25, -0.2) is 39.5 Å². The van der Waals surface area contributed by atoms with Gasteiger partial charge in [-0.2, -0.15) is 4.73 Å². The van der Waals surface area contributed by atoms with Gasteiger partial charge in [-0.05, 0) is 59.5 Å². The number of likely N-dealkylation sites (N-methyl/N-ethyl adjacent to an activating group) is 1. The van der Waals surface area contributed by atoms with Gasteiger partial charge in [0.15, 0.2) is 26.7 Å². The Kier molecular flexibility index (Phi) is 23.0. The van der Waals surface area contributed by atoms with Crippen molar-refractivity contribution in [3.05, 3.63) is 124 Å². The van der Waals surface area contributed by atoms with Gasteiger partial charge >= 0.3 is 41.5 Å². The van der Waals surface area contributed by atoms with E-state index < -0.39 is 153 Å². The van der Waals surface area contributed by atoms with Gasteiger partial charge in [-0.1, -0.05) is 18.7 Å². The first-order chi connectivity index (χ1) is 48.6. The zero-order valence-electron chi connectivity index (χ0n) is 55.9. The van der Waals surface area contributed by atoms with E-state index >= 15 is 19.2 Å². The summed E-state index contributed by atoms with van der Waals surface area (Å²) in [5.41, 5.74) is 1.80. The Bertz CT molecular complexity index is 4720. The fraction of sp³-hybridized carbons (Fsp3) is 0.355. The van der Waals surface area contributed by atoms with Crippen LogP contribution < -0.4 is 71.4 Å². The van der Waals surface area contributed by atoms with Crippen LogP contribution in [0.1, 0.15) is 125 Å². The van der Waals surface area contributed by atoms with E-state index in [1.54, 1.807) is 45.0 Å². The molecule has 536 valence electrons. The Balaban J connectivity index is 0.0000106. The number of hydrogen-bond donors (Lipinski definition) is 9. The summed E-state index contributed by atoms with van der Waals surface area (Å²) in [7, 11) is 2.84. The molecule has 1 saturated heterocycles. The summed E-state index contributed by atoms with van der Waals surface area (Å²) in [5.74, 6) is -8.45. The first kappa shape index (κ1) is 76.0. The van der Waals surface area contributed by atoms with Gasteiger partial charge in [0.05, 0.1) is 48.8 Å². The van der Waals surface area contributed by atoms with Crippen molar-refractivity contribution in [3.8, 4) is 38.4 Å². The van der Waals surface area contributed by atoms with E-state index in [0.717, 1.165) is 68.5 Å². The Hall–Kier alpha value is -8.19. The number of thiazole rings is 5. The van der Waals surface area contributed by atoms with Crippen LogP contribution in [0.2, 0.25) is 0 Å². The molecule has 0 saturated carbocycles. The molecular weight excluding hydrogens is 1480 g/mol. The number of nitrogens with zero attached hydrogens (tertiary/aromatic N) is 8. The van der Waals surface area contributed by atoms with Crippen molar-refractivity contribution in [3.63, 3.8) is 0 Å². The summed E-state index contributed by atoms with van der Waals surface area (Å²) in [6.45, 7) is 7.51. The van der Waals surface area contributed by atoms with E-state index in [4.69, 9.17) is 58.3 Å². The average Bonchev–Trinajstić information content (AvgIpc) is 1.44. The van der Waals surface area contributed by atoms with E-state index in [-0.39, 0.29) is 140 Å². The molecule has 41 heteroatoms. The number of aliphatic hydroxyl groups excluding tert-OH is 1. The van der Waals surface area contributed by atoms with Crippen molar-refractivity contribution in [2.24, 2.45) is 5.73 Å². The molecule has 6 amide bonds. The third kappa shape index (κ3) is 15.6. The second-order valence-corrected chi connectivity index (χ2v) is 29.1. The SMILES string of the molecule is C=C(NC(=O)c1csc(-c2nc3c(cc2O)-c2nc(cs2)C(=O)NC(C(C)O)C(=O)N/C(=C(\C)OC)c2nc(cs2)C(=O)NC2c4nc(cs4)C(=O)NC(COC(=O)c4c5c6c(cccc6n4OP([O-])OC)COC(=O)C(OC4CC(C)(O)C(N(C)C)C(C)O4)C2OC5)c2nc-3cs2)n1)C(N)=O.[Na+]. The maximum Gasteiger partial charge on any atom is 1.00 e. The number of carbonyl (C=O) groups is 8. The fourth-order valence-electron chi connectivity index (χ4n) is 11.9. The molecule has 12 bridgehead atoms. The van der Waals surface area contributed by atoms with Gasteiger partial charge in [0, 0.05) is 56.9 Å². The van der Waals surface area contributed by atoms with Gasteiger partial charge < -0.3 is 95.0 Å². The number of esters is 2. The van der Waals surface area contributed by atoms with Crippen LogP contribution in [0.5, 0.6) is 5.75 Å². The number of allylic oxidation sites excluding steroid dienone is 1. The molecule has 34 nitrogen and oxygen atoms in total. The second-order valence-electron chi connectivity index (χ2n) is 23.8. The summed E-state index contributed by atoms with van der Waals surface area (Å²) >= 11 is 4.39. The third-order valence-corrected chi connectivity index (χ3v) is 21.7. The molecular formula is C62H62N14NaO20PS5. The molecule has 0 spiro atoms. The number of cyclic esters (lactones) is 2. The predicted octanol–water partition coefficient (Wildman–Crippen LogP) is 0.320. The summed E-state index contributed by atoms with van der Waals surface area (Å²) < 4.78 is 49.8. The maximum absolute atomic E-state index is 15.4. The molecule has 11 unspecified atom stereocenters. The molecule has 7 aromatic heterocycles. The number of aromatic hydroxyl groups is 1. The van der Waals surface area contributed by atoms with Crippen molar-refractivity contribution in [1.29, 1.82) is 0 Å². The molecule has 0 aliphatic carbocycles. The minimum atomic E-state index is -3.06. The maximum atomic E-state index is 15.4. The monoisotopic (exact) mass is 1540 g/mol. The number of methoxy groups -OCH3 is 1. The largest absolute Gasteiger partial charge is 1.00 e. The average molecular weight is 1540 g/mol. The number of benzene rings is 1. The summed E-state index contributed by atoms with van der Waals surface area (Å²) in [6.07, 6.45) is -7.74. The van der Waals surface area contributed by atoms with Crippen LogP contribution in [0, 0.1) is 0 Å². The summed E-state index contributed by atoms with van der Waals surface area (Å²) in [4.78, 5) is 158. The zero-order chi connectivity index (χ0) is 72.9. The van der Waals surface area contributed by atoms with Gasteiger partial charge in [-0.15, -0.1) is 56.7 Å². The molecule has 11 heterocycles. The molecule has 4 aliphatic rings. The van der Waals surface area contributed by atoms with Gasteiger partial charge in [0.1, 0.15) is 120 Å². The summed E-state index contributed by atoms with van der Waals surface area (Å²) in [5, 5.41) is 55.2. The Labute approximate surface area is 627 Å². The number of ether oxygens (including phenoxy) is 6. The molecule has 12 rings (SSSR count). The number of fused-ring (bicyclic) bond motifs is 15. The number of pyridine rings is 1. The van der Waals surface area contributed by atoms with Crippen LogP contribution in [0.25, 0.3) is 49.3 Å². The number of carbonyl (C=O) groups excluding carboxylic acids is 8. The minimum absolute atomic E-state index is 0. The molecule has 8 aromatic rings. The molecule has 10 N–H and O–H groups in total. The molecule has 11 atom stereocenters. The van der Waals surface area contributed by atoms with Crippen LogP contribution in [0.4, 0.5) is 0 Å². The number of nitrogens with two attached hydrogens (primary N) is 1. The van der Waals surface area contributed by atoms with E-state index in [1.165, 1.54) is 60.0 Å². The predicted molar refractivity (Wildman–Crippen MR) is 363 cm³/mol. The van der Waals surface area contributed by atoms with E-state index in [0.29, 0.717) is 0 Å². The van der Waals surface area contributed by atoms with Crippen molar-refractivity contribution >= 4 is 129 Å². The smallest absolute Gasteiger partial charge is 0.774 e. The van der Waals surface area contributed by atoms with Crippen LogP contribution in [0.15, 0.2) is 69.2 Å². The number of primary amides is 1. The quantitative estimate of drug-likeness (QED) is 0.0261. The van der Waals surface area contributed by atoms with Gasteiger partial charge in [0.25, 0.3) is 29.5 Å². The van der Waals surface area contributed by atoms with Crippen molar-refractivity contribution in [2.45, 2.75) is 108 Å². The number of amides is 6. The number of aliphatic hydroxyl groups is 2. The molecule has 0 radical (unpaired) electrons. The fourth-order valence-corrected chi connectivity index (χ4v) is 16.5. The minimum Gasteiger partial charge on any atom is -0.774 e. The summed E-state index contributed by atoms with van der Waals surface area (Å²) in [6, 6.07) is 0.486. The number of rotatable bonds is 12. The Morgan fingerprint density at radius 3 is 2.23 bits per heavy atom. The normalized spacial score (nSPS) is 23.6. The van der Waals surface area contributed by atoms with E-state index in [1.807, 2.05) is 0 Å². The third-order valence-electron chi connectivity index (χ3n) is 16.6. The first-order valence-electron chi connectivity index (χ1n) is 30.6. The van der Waals surface area contributed by atoms with Crippen LogP contribution >= 0.6 is 65.3 Å². The molecule has 4 aliphatic heterocycles. The van der Waals surface area contributed by atoms with Crippen LogP contribution in [-0.2, 0) is 60.5 Å². The molecule has 1 fully saturated rings. The Morgan fingerprint density at radius 1 is 0.874 bits per heavy atom. The topological polar surface area (TPSA) is 466 Å². The van der Waals surface area contributed by atoms with E-state index in [9.17, 15) is 39.4 Å². The molecule has 103 heavy (non-hydrogen) atoms. The Morgan fingerprint density at radius 2 is 1.53 bits per heavy atom. The van der Waals surface area contributed by atoms with E-state index in [2.05, 4.69) is 48.1 Å². The second kappa shape index (κ2) is 31.2. The van der Waals surface area contributed by atoms with Crippen LogP contribution in [0.3, 0.4) is 0 Å². The van der Waals surface area contributed by atoms with Gasteiger partial charge in [-0.3, -0.25) is 28.8 Å². The first-order valence-corrected chi connectivity index (χ1v) is 36.1. The number of aromatic nitrogens is 7. The number of hydrogen-bond acceptors (Lipinski definition) is 32. The van der Waals surface area contributed by atoms with Crippen molar-refractivity contribution < 1.29 is 126 Å². The van der Waals surface area contributed by atoms with Gasteiger partial charge in [0.2, 0.25) is 5.91 Å². The number of nitrogens with one attached hydrogen (secondary N) is 5. The van der Waals surface area contributed by atoms with Crippen LogP contribution in [-0.4, -0.2) is 186 Å². The standard InChI is InChI=1S/C62H62N14O20PS5.Na/c1-23(49(63)79)64-50(80)32-20-101-58(69-32)43-37(78)13-28-42(71-43)31-18-99-56(66-31)30-17-93-60(85)45-29-16-91-46(47(95-38-14-62(5,87)48(75(6)7)26(4)94-38)61(86)92-15-27-11-10-12-36(39(27)29)76(45)96-97(88)90-9)44(59-70-33(21-102-59)51(81)65-30)74-53(83)35-22-100-57(68-35)41(25(3)89-8)73-54(84)40(24(2)77)72-52(82)34-19-98-55(28)67-34;/h10-13,18-22,24,26,30,38,40,44,46-48,77-78,87H,1,14-17H2,2-9H3,(H2,63,79)(H,64,80)(H,65,81)(H,72,82)(H,73,84)(H,74,83);/q-1;+1/b41-25+;. The molecule has 1 aromatic carbocycles. The van der Waals surface area contributed by atoms with Crippen molar-refractivity contribution in [2.75, 3.05) is 34.9 Å². The zero-order valence-corrected chi connectivity index (χ0v) is 62.8.